The average Bonchev–Trinajstić information content (AvgIpc) is 2.71. The molecule has 2 aromatic rings. The first-order valence-corrected chi connectivity index (χ1v) is 4.83. The molecule has 82 valence electrons. The number of carbonyl (C=O) groups is 1. The molecule has 1 heterocycles. The Kier molecular flexibility index (Phi) is 2.72. The highest BCUT2D eigenvalue weighted by molar-refractivity contribution is 5.88. The van der Waals surface area contributed by atoms with Crippen LogP contribution < -0.4 is 0 Å². The van der Waals surface area contributed by atoms with E-state index in [1.165, 1.54) is 7.11 Å². The summed E-state index contributed by atoms with van der Waals surface area (Å²) in [5.74, 6) is 0.410. The number of ether oxygens (including phenoxy) is 1. The zero-order valence-electron chi connectivity index (χ0n) is 9.06. The predicted octanol–water partition coefficient (Wildman–Crippen LogP) is 2.44. The summed E-state index contributed by atoms with van der Waals surface area (Å²) in [6.07, 6.45) is 0. The highest BCUT2D eigenvalue weighted by atomic mass is 16.5. The van der Waals surface area contributed by atoms with Crippen molar-refractivity contribution >= 4 is 5.97 Å². The normalized spacial score (nSPS) is 10.1. The van der Waals surface area contributed by atoms with Crippen LogP contribution in [0.1, 0.15) is 16.2 Å². The monoisotopic (exact) mass is 217 g/mol. The van der Waals surface area contributed by atoms with Crippen molar-refractivity contribution in [2.75, 3.05) is 7.11 Å². The van der Waals surface area contributed by atoms with E-state index in [1.807, 2.05) is 30.3 Å². The van der Waals surface area contributed by atoms with Crippen LogP contribution >= 0.6 is 0 Å². The summed E-state index contributed by atoms with van der Waals surface area (Å²) in [6.45, 7) is 1.69. The molecule has 16 heavy (non-hydrogen) atoms. The molecule has 0 fully saturated rings. The van der Waals surface area contributed by atoms with E-state index in [2.05, 4.69) is 9.72 Å². The summed E-state index contributed by atoms with van der Waals surface area (Å²) in [5, 5.41) is 0. The molecule has 4 heteroatoms. The molecular formula is C12H11NO3. The number of esters is 1. The third kappa shape index (κ3) is 1.82. The van der Waals surface area contributed by atoms with Crippen molar-refractivity contribution in [2.24, 2.45) is 0 Å². The third-order valence-corrected chi connectivity index (χ3v) is 2.20. The molecule has 0 spiro atoms. The number of nitrogens with zero attached hydrogens (tertiary/aromatic N) is 1. The third-order valence-electron chi connectivity index (χ3n) is 2.20. The molecule has 0 atom stereocenters. The second kappa shape index (κ2) is 4.18. The van der Waals surface area contributed by atoms with Crippen LogP contribution in [0.4, 0.5) is 0 Å². The van der Waals surface area contributed by atoms with Crippen molar-refractivity contribution in [1.82, 2.24) is 4.98 Å². The molecule has 2 rings (SSSR count). The number of aryl methyl sites for hydroxylation is 1. The fourth-order valence-electron chi connectivity index (χ4n) is 1.39. The largest absolute Gasteiger partial charge is 0.464 e. The van der Waals surface area contributed by atoms with Crippen LogP contribution in [0.25, 0.3) is 11.5 Å². The minimum absolute atomic E-state index is 0.223. The maximum atomic E-state index is 11.3. The Bertz CT molecular complexity index is 502. The highest BCUT2D eigenvalue weighted by Crippen LogP contribution is 2.21. The van der Waals surface area contributed by atoms with E-state index < -0.39 is 5.97 Å². The van der Waals surface area contributed by atoms with Crippen LogP contribution in [0.5, 0.6) is 0 Å². The number of benzene rings is 1. The van der Waals surface area contributed by atoms with E-state index in [-0.39, 0.29) is 5.69 Å². The molecule has 0 radical (unpaired) electrons. The lowest BCUT2D eigenvalue weighted by molar-refractivity contribution is 0.0593. The maximum Gasteiger partial charge on any atom is 0.360 e. The van der Waals surface area contributed by atoms with E-state index in [9.17, 15) is 4.79 Å². The topological polar surface area (TPSA) is 52.3 Å². The van der Waals surface area contributed by atoms with Gasteiger partial charge >= 0.3 is 5.97 Å². The fraction of sp³-hybridized carbons (Fsp3) is 0.167. The van der Waals surface area contributed by atoms with Crippen LogP contribution in [0, 0.1) is 6.92 Å². The molecular weight excluding hydrogens is 206 g/mol. The van der Waals surface area contributed by atoms with E-state index >= 15 is 0 Å². The molecule has 0 aliphatic heterocycles. The Morgan fingerprint density at radius 3 is 2.62 bits per heavy atom. The molecule has 4 nitrogen and oxygen atoms in total. The number of hydrogen-bond acceptors (Lipinski definition) is 4. The molecule has 0 N–H and O–H groups in total. The molecule has 0 saturated carbocycles. The minimum Gasteiger partial charge on any atom is -0.464 e. The summed E-state index contributed by atoms with van der Waals surface area (Å²) in [7, 11) is 1.32. The number of carbonyl (C=O) groups excluding carboxylic acids is 1. The van der Waals surface area contributed by atoms with E-state index in [0.29, 0.717) is 11.7 Å². The van der Waals surface area contributed by atoms with E-state index in [0.717, 1.165) is 5.56 Å². The molecule has 0 bridgehead atoms. The van der Waals surface area contributed by atoms with Gasteiger partial charge in [-0.3, -0.25) is 0 Å². The number of hydrogen-bond donors (Lipinski definition) is 0. The molecule has 0 unspecified atom stereocenters. The second-order valence-corrected chi connectivity index (χ2v) is 3.28. The van der Waals surface area contributed by atoms with Crippen molar-refractivity contribution < 1.29 is 13.9 Å². The second-order valence-electron chi connectivity index (χ2n) is 3.28. The van der Waals surface area contributed by atoms with Gasteiger partial charge in [0.2, 0.25) is 5.89 Å². The lowest BCUT2D eigenvalue weighted by Crippen LogP contribution is -2.03. The fourth-order valence-corrected chi connectivity index (χ4v) is 1.39. The van der Waals surface area contributed by atoms with Crippen molar-refractivity contribution in [3.8, 4) is 11.5 Å². The van der Waals surface area contributed by atoms with Crippen LogP contribution in [0.2, 0.25) is 0 Å². The molecule has 1 aromatic carbocycles. The SMILES string of the molecule is COC(=O)c1nc(-c2ccccc2)oc1C. The Labute approximate surface area is 92.9 Å². The molecule has 0 aliphatic carbocycles. The van der Waals surface area contributed by atoms with Crippen LogP contribution in [0.3, 0.4) is 0 Å². The number of rotatable bonds is 2. The number of aromatic nitrogens is 1. The van der Waals surface area contributed by atoms with Crippen LogP contribution in [0.15, 0.2) is 34.7 Å². The Morgan fingerprint density at radius 1 is 1.31 bits per heavy atom. The summed E-state index contributed by atoms with van der Waals surface area (Å²) in [4.78, 5) is 15.4. The Morgan fingerprint density at radius 2 is 2.00 bits per heavy atom. The van der Waals surface area contributed by atoms with Gasteiger partial charge in [0.1, 0.15) is 5.76 Å². The van der Waals surface area contributed by atoms with Crippen molar-refractivity contribution in [2.45, 2.75) is 6.92 Å². The zero-order valence-corrected chi connectivity index (χ0v) is 9.06. The van der Waals surface area contributed by atoms with Gasteiger partial charge in [-0.05, 0) is 19.1 Å². The van der Waals surface area contributed by atoms with Gasteiger partial charge in [0.25, 0.3) is 0 Å². The first kappa shape index (κ1) is 10.4. The lowest BCUT2D eigenvalue weighted by Gasteiger charge is -1.92. The van der Waals surface area contributed by atoms with Gasteiger partial charge < -0.3 is 9.15 Å². The molecule has 0 saturated heterocycles. The lowest BCUT2D eigenvalue weighted by atomic mass is 10.2. The molecule has 0 aliphatic rings. The van der Waals surface area contributed by atoms with E-state index in [1.54, 1.807) is 6.92 Å². The molecule has 0 amide bonds. The first-order chi connectivity index (χ1) is 7.72. The van der Waals surface area contributed by atoms with Crippen LogP contribution in [-0.2, 0) is 4.74 Å². The van der Waals surface area contributed by atoms with E-state index in [4.69, 9.17) is 4.42 Å². The predicted molar refractivity (Wildman–Crippen MR) is 58.0 cm³/mol. The zero-order chi connectivity index (χ0) is 11.5. The summed E-state index contributed by atoms with van der Waals surface area (Å²) >= 11 is 0. The Balaban J connectivity index is 2.42. The Hall–Kier alpha value is -2.10. The summed E-state index contributed by atoms with van der Waals surface area (Å²) in [6, 6.07) is 9.40. The molecule has 1 aromatic heterocycles. The standard InChI is InChI=1S/C12H11NO3/c1-8-10(12(14)15-2)13-11(16-8)9-6-4-3-5-7-9/h3-7H,1-2H3. The highest BCUT2D eigenvalue weighted by Gasteiger charge is 2.17. The van der Waals surface area contributed by atoms with Crippen LogP contribution in [-0.4, -0.2) is 18.1 Å². The maximum absolute atomic E-state index is 11.3. The van der Waals surface area contributed by atoms with Crippen molar-refractivity contribution in [3.05, 3.63) is 41.8 Å². The number of oxazole rings is 1. The average molecular weight is 217 g/mol. The van der Waals surface area contributed by atoms with Gasteiger partial charge in [0.15, 0.2) is 5.69 Å². The quantitative estimate of drug-likeness (QED) is 0.725. The smallest absolute Gasteiger partial charge is 0.360 e. The van der Waals surface area contributed by atoms with Gasteiger partial charge in [0, 0.05) is 5.56 Å². The summed E-state index contributed by atoms with van der Waals surface area (Å²) < 4.78 is 10.0. The van der Waals surface area contributed by atoms with Crippen molar-refractivity contribution in [1.29, 1.82) is 0 Å². The first-order valence-electron chi connectivity index (χ1n) is 4.83. The van der Waals surface area contributed by atoms with Gasteiger partial charge in [0.05, 0.1) is 7.11 Å². The van der Waals surface area contributed by atoms with Crippen molar-refractivity contribution in [3.63, 3.8) is 0 Å². The minimum atomic E-state index is -0.483. The van der Waals surface area contributed by atoms with Gasteiger partial charge in [-0.25, -0.2) is 9.78 Å². The number of methoxy groups -OCH3 is 1. The van der Waals surface area contributed by atoms with Gasteiger partial charge in [-0.15, -0.1) is 0 Å². The van der Waals surface area contributed by atoms with Gasteiger partial charge in [-0.1, -0.05) is 18.2 Å². The van der Waals surface area contributed by atoms with Gasteiger partial charge in [-0.2, -0.15) is 0 Å². The summed E-state index contributed by atoms with van der Waals surface area (Å²) in [5.41, 5.74) is 1.06.